The lowest BCUT2D eigenvalue weighted by Crippen LogP contribution is -2.52. The molecule has 3 heteroatoms. The van der Waals surface area contributed by atoms with Crippen LogP contribution in [0.4, 0.5) is 4.79 Å². The molecule has 3 nitrogen and oxygen atoms in total. The Hall–Kier alpha value is -3.33. The number of benzene rings is 3. The Morgan fingerprint density at radius 2 is 1.53 bits per heavy atom. The van der Waals surface area contributed by atoms with Crippen molar-refractivity contribution in [1.82, 2.24) is 4.90 Å². The summed E-state index contributed by atoms with van der Waals surface area (Å²) in [6.07, 6.45) is 6.31. The largest absolute Gasteiger partial charge is 0.448 e. The average molecular weight is 450 g/mol. The van der Waals surface area contributed by atoms with E-state index in [2.05, 4.69) is 86.7 Å². The molecule has 34 heavy (non-hydrogen) atoms. The quantitative estimate of drug-likeness (QED) is 0.421. The number of ether oxygens (including phenoxy) is 1. The maximum absolute atomic E-state index is 13.4. The summed E-state index contributed by atoms with van der Waals surface area (Å²) in [6.45, 7) is 4.77. The molecule has 1 amide bonds. The van der Waals surface area contributed by atoms with Crippen LogP contribution in [0.15, 0.2) is 72.8 Å². The molecule has 172 valence electrons. The van der Waals surface area contributed by atoms with E-state index >= 15 is 0 Å². The van der Waals surface area contributed by atoms with Gasteiger partial charge >= 0.3 is 6.09 Å². The van der Waals surface area contributed by atoms with Gasteiger partial charge in [0.05, 0.1) is 6.04 Å². The Bertz CT molecular complexity index is 1220. The zero-order valence-electron chi connectivity index (χ0n) is 20.0. The molecule has 0 spiro atoms. The van der Waals surface area contributed by atoms with Crippen LogP contribution in [0.1, 0.15) is 59.4 Å². The van der Waals surface area contributed by atoms with E-state index in [1.54, 1.807) is 0 Å². The third kappa shape index (κ3) is 3.46. The van der Waals surface area contributed by atoms with Crippen molar-refractivity contribution in [2.24, 2.45) is 0 Å². The normalized spacial score (nSPS) is 21.0. The fourth-order valence-corrected chi connectivity index (χ4v) is 6.49. The standard InChI is InChI=1S/C31H31NO2/c1-20-9-7-10-21(2)30(20)22-17-23-11-8-12-24(18-22)32(23)31(33)34-19-29-27-15-5-3-13-25(27)26-14-4-6-16-28(26)29/h3-7,9-10,13-17,23-24,29H,8,11-12,18-19H2,1-2H3. The van der Waals surface area contributed by atoms with Gasteiger partial charge < -0.3 is 4.74 Å². The van der Waals surface area contributed by atoms with Crippen LogP contribution in [0.3, 0.4) is 0 Å². The predicted molar refractivity (Wildman–Crippen MR) is 137 cm³/mol. The Kier molecular flexibility index (Phi) is 5.28. The van der Waals surface area contributed by atoms with Crippen molar-refractivity contribution in [3.8, 4) is 11.1 Å². The van der Waals surface area contributed by atoms with Crippen molar-refractivity contribution < 1.29 is 9.53 Å². The number of fused-ring (bicyclic) bond motifs is 5. The van der Waals surface area contributed by atoms with Gasteiger partial charge in [-0.3, -0.25) is 4.90 Å². The molecule has 6 rings (SSSR count). The number of amides is 1. The molecule has 1 aliphatic carbocycles. The molecule has 0 N–H and O–H groups in total. The molecule has 1 saturated heterocycles. The fraction of sp³-hybridized carbons (Fsp3) is 0.323. The second-order valence-electron chi connectivity index (χ2n) is 10.0. The minimum absolute atomic E-state index is 0.0988. The number of hydrogen-bond donors (Lipinski definition) is 0. The van der Waals surface area contributed by atoms with Crippen LogP contribution in [0.5, 0.6) is 0 Å². The summed E-state index contributed by atoms with van der Waals surface area (Å²) in [6, 6.07) is 23.9. The Balaban J connectivity index is 1.24. The molecular weight excluding hydrogens is 418 g/mol. The van der Waals surface area contributed by atoms with E-state index in [1.165, 1.54) is 50.9 Å². The predicted octanol–water partition coefficient (Wildman–Crippen LogP) is 7.26. The molecule has 0 saturated carbocycles. The molecule has 3 aliphatic rings. The van der Waals surface area contributed by atoms with Gasteiger partial charge in [-0.15, -0.1) is 0 Å². The molecular formula is C31H31NO2. The number of aryl methyl sites for hydroxylation is 2. The molecule has 3 aromatic rings. The van der Waals surface area contributed by atoms with Crippen molar-refractivity contribution in [1.29, 1.82) is 0 Å². The van der Waals surface area contributed by atoms with Gasteiger partial charge in [0.2, 0.25) is 0 Å². The van der Waals surface area contributed by atoms with Gasteiger partial charge in [0.1, 0.15) is 6.61 Å². The summed E-state index contributed by atoms with van der Waals surface area (Å²) in [5.74, 6) is 0.0988. The third-order valence-electron chi connectivity index (χ3n) is 7.99. The van der Waals surface area contributed by atoms with Crippen LogP contribution in [-0.2, 0) is 4.74 Å². The van der Waals surface area contributed by atoms with Crippen LogP contribution in [0, 0.1) is 13.8 Å². The monoisotopic (exact) mass is 449 g/mol. The van der Waals surface area contributed by atoms with Crippen LogP contribution in [-0.4, -0.2) is 29.7 Å². The van der Waals surface area contributed by atoms with Gasteiger partial charge in [-0.05, 0) is 84.0 Å². The topological polar surface area (TPSA) is 29.5 Å². The van der Waals surface area contributed by atoms with Crippen LogP contribution in [0.2, 0.25) is 0 Å². The van der Waals surface area contributed by atoms with Gasteiger partial charge in [0.25, 0.3) is 0 Å². The molecule has 2 aliphatic heterocycles. The van der Waals surface area contributed by atoms with Crippen molar-refractivity contribution in [3.63, 3.8) is 0 Å². The summed E-state index contributed by atoms with van der Waals surface area (Å²) in [4.78, 5) is 15.5. The first-order valence-corrected chi connectivity index (χ1v) is 12.5. The van der Waals surface area contributed by atoms with E-state index in [-0.39, 0.29) is 24.1 Å². The summed E-state index contributed by atoms with van der Waals surface area (Å²) >= 11 is 0. The fourth-order valence-electron chi connectivity index (χ4n) is 6.49. The van der Waals surface area contributed by atoms with Crippen LogP contribution >= 0.6 is 0 Å². The maximum atomic E-state index is 13.4. The maximum Gasteiger partial charge on any atom is 0.410 e. The van der Waals surface area contributed by atoms with E-state index in [1.807, 2.05) is 4.90 Å². The van der Waals surface area contributed by atoms with E-state index in [0.29, 0.717) is 6.61 Å². The smallest absolute Gasteiger partial charge is 0.410 e. The zero-order chi connectivity index (χ0) is 23.2. The molecule has 2 unspecified atom stereocenters. The molecule has 2 heterocycles. The second-order valence-corrected chi connectivity index (χ2v) is 10.0. The summed E-state index contributed by atoms with van der Waals surface area (Å²) in [7, 11) is 0. The Morgan fingerprint density at radius 3 is 2.18 bits per heavy atom. The molecule has 3 aromatic carbocycles. The molecule has 0 radical (unpaired) electrons. The van der Waals surface area contributed by atoms with Gasteiger partial charge in [0.15, 0.2) is 0 Å². The van der Waals surface area contributed by atoms with Gasteiger partial charge in [0, 0.05) is 12.0 Å². The number of rotatable bonds is 3. The van der Waals surface area contributed by atoms with E-state index in [4.69, 9.17) is 4.74 Å². The number of nitrogens with zero attached hydrogens (tertiary/aromatic N) is 1. The van der Waals surface area contributed by atoms with Crippen molar-refractivity contribution in [2.75, 3.05) is 6.61 Å². The first-order chi connectivity index (χ1) is 16.6. The summed E-state index contributed by atoms with van der Waals surface area (Å²) < 4.78 is 6.06. The third-order valence-corrected chi connectivity index (χ3v) is 7.99. The lowest BCUT2D eigenvalue weighted by molar-refractivity contribution is 0.0539. The number of hydrogen-bond acceptors (Lipinski definition) is 2. The van der Waals surface area contributed by atoms with Gasteiger partial charge in [-0.25, -0.2) is 4.79 Å². The Morgan fingerprint density at radius 1 is 0.882 bits per heavy atom. The molecule has 0 aromatic heterocycles. The minimum Gasteiger partial charge on any atom is -0.448 e. The number of piperidine rings is 1. The molecule has 1 fully saturated rings. The number of carbonyl (C=O) groups is 1. The highest BCUT2D eigenvalue weighted by Gasteiger charge is 2.39. The number of carbonyl (C=O) groups excluding carboxylic acids is 1. The molecule has 2 atom stereocenters. The minimum atomic E-state index is -0.159. The van der Waals surface area contributed by atoms with E-state index < -0.39 is 0 Å². The van der Waals surface area contributed by atoms with Crippen molar-refractivity contribution in [3.05, 3.63) is 101 Å². The first kappa shape index (κ1) is 21.2. The SMILES string of the molecule is Cc1cccc(C)c1C1=CC2CCCC(C1)N2C(=O)OCC1c2ccccc2-c2ccccc21. The first-order valence-electron chi connectivity index (χ1n) is 12.5. The van der Waals surface area contributed by atoms with Crippen LogP contribution in [0.25, 0.3) is 16.7 Å². The summed E-state index contributed by atoms with van der Waals surface area (Å²) in [5.41, 5.74) is 10.4. The summed E-state index contributed by atoms with van der Waals surface area (Å²) in [5, 5.41) is 0. The van der Waals surface area contributed by atoms with Crippen molar-refractivity contribution >= 4 is 11.7 Å². The zero-order valence-corrected chi connectivity index (χ0v) is 20.0. The molecule has 2 bridgehead atoms. The lowest BCUT2D eigenvalue weighted by Gasteiger charge is -2.44. The van der Waals surface area contributed by atoms with Crippen LogP contribution < -0.4 is 0 Å². The highest BCUT2D eigenvalue weighted by molar-refractivity contribution is 5.80. The lowest BCUT2D eigenvalue weighted by atomic mass is 9.81. The second kappa shape index (κ2) is 8.47. The van der Waals surface area contributed by atoms with Gasteiger partial charge in [-0.1, -0.05) is 72.8 Å². The van der Waals surface area contributed by atoms with Gasteiger partial charge in [-0.2, -0.15) is 0 Å². The Labute approximate surface area is 202 Å². The average Bonchev–Trinajstić information content (AvgIpc) is 3.15. The van der Waals surface area contributed by atoms with E-state index in [0.717, 1.165) is 19.3 Å². The van der Waals surface area contributed by atoms with Crippen molar-refractivity contribution in [2.45, 2.75) is 57.5 Å². The van der Waals surface area contributed by atoms with E-state index in [9.17, 15) is 4.79 Å². The highest BCUT2D eigenvalue weighted by atomic mass is 16.6. The highest BCUT2D eigenvalue weighted by Crippen LogP contribution is 2.45.